The minimum Gasteiger partial charge on any atom is -0.493 e. The molecule has 3 aromatic rings. The van der Waals surface area contributed by atoms with Crippen molar-refractivity contribution in [3.05, 3.63) is 75.5 Å². The topological polar surface area (TPSA) is 104 Å². The summed E-state index contributed by atoms with van der Waals surface area (Å²) in [6, 6.07) is 14.7. The van der Waals surface area contributed by atoms with Crippen molar-refractivity contribution in [1.29, 1.82) is 0 Å². The lowest BCUT2D eigenvalue weighted by Crippen LogP contribution is -2.28. The van der Waals surface area contributed by atoms with Crippen LogP contribution in [0.1, 0.15) is 5.76 Å². The molecule has 1 amide bonds. The molecule has 2 aromatic carbocycles. The van der Waals surface area contributed by atoms with Crippen molar-refractivity contribution in [3.8, 4) is 22.8 Å². The predicted molar refractivity (Wildman–Crippen MR) is 106 cm³/mol. The van der Waals surface area contributed by atoms with E-state index in [4.69, 9.17) is 25.5 Å². The van der Waals surface area contributed by atoms with E-state index in [2.05, 4.69) is 5.32 Å². The molecule has 0 saturated carbocycles. The van der Waals surface area contributed by atoms with Crippen molar-refractivity contribution in [2.24, 2.45) is 0 Å². The van der Waals surface area contributed by atoms with Gasteiger partial charge in [0.1, 0.15) is 11.5 Å². The highest BCUT2D eigenvalue weighted by Gasteiger charge is 2.14. The second-order valence-corrected chi connectivity index (χ2v) is 6.37. The molecule has 1 heterocycles. The van der Waals surface area contributed by atoms with Crippen LogP contribution in [0, 0.1) is 10.1 Å². The van der Waals surface area contributed by atoms with Gasteiger partial charge in [0.25, 0.3) is 11.6 Å². The number of nitrogens with one attached hydrogen (secondary N) is 1. The van der Waals surface area contributed by atoms with E-state index >= 15 is 0 Å². The Labute approximate surface area is 171 Å². The molecule has 9 heteroatoms. The first kappa shape index (κ1) is 20.2. The molecular formula is C20H17ClN2O6. The smallest absolute Gasteiger partial charge is 0.273 e. The summed E-state index contributed by atoms with van der Waals surface area (Å²) in [6.07, 6.45) is 0. The first-order valence-corrected chi connectivity index (χ1v) is 8.90. The van der Waals surface area contributed by atoms with E-state index < -0.39 is 10.8 Å². The Morgan fingerprint density at radius 3 is 2.59 bits per heavy atom. The van der Waals surface area contributed by atoms with Gasteiger partial charge in [-0.1, -0.05) is 11.6 Å². The summed E-state index contributed by atoms with van der Waals surface area (Å²) in [5, 5.41) is 14.2. The number of halogens is 1. The molecule has 0 aliphatic carbocycles. The summed E-state index contributed by atoms with van der Waals surface area (Å²) in [6.45, 7) is -0.163. The third-order valence-corrected chi connectivity index (χ3v) is 4.22. The van der Waals surface area contributed by atoms with Crippen LogP contribution in [-0.2, 0) is 11.3 Å². The molecule has 0 atom stereocenters. The van der Waals surface area contributed by atoms with E-state index in [0.29, 0.717) is 22.3 Å². The maximum Gasteiger partial charge on any atom is 0.273 e. The van der Waals surface area contributed by atoms with E-state index in [1.54, 1.807) is 24.3 Å². The largest absolute Gasteiger partial charge is 0.493 e. The Bertz CT molecular complexity index is 1020. The number of nitro groups is 1. The van der Waals surface area contributed by atoms with Crippen LogP contribution in [-0.4, -0.2) is 24.5 Å². The van der Waals surface area contributed by atoms with Gasteiger partial charge in [-0.15, -0.1) is 0 Å². The molecule has 8 nitrogen and oxygen atoms in total. The van der Waals surface area contributed by atoms with E-state index in [1.165, 1.54) is 25.3 Å². The van der Waals surface area contributed by atoms with Crippen LogP contribution >= 0.6 is 11.6 Å². The van der Waals surface area contributed by atoms with Crippen LogP contribution in [0.25, 0.3) is 11.3 Å². The maximum absolute atomic E-state index is 12.1. The fraction of sp³-hybridized carbons (Fsp3) is 0.150. The van der Waals surface area contributed by atoms with Gasteiger partial charge >= 0.3 is 0 Å². The fourth-order valence-electron chi connectivity index (χ4n) is 2.51. The lowest BCUT2D eigenvalue weighted by atomic mass is 10.2. The molecule has 150 valence electrons. The Hall–Kier alpha value is -3.52. The average Bonchev–Trinajstić information content (AvgIpc) is 3.20. The molecule has 0 saturated heterocycles. The number of non-ortho nitro benzene ring substituents is 1. The van der Waals surface area contributed by atoms with Gasteiger partial charge in [0.15, 0.2) is 18.1 Å². The van der Waals surface area contributed by atoms with E-state index in [-0.39, 0.29) is 24.6 Å². The number of methoxy groups -OCH3 is 1. The fourth-order valence-corrected chi connectivity index (χ4v) is 2.64. The summed E-state index contributed by atoms with van der Waals surface area (Å²) in [5.41, 5.74) is 0.708. The zero-order chi connectivity index (χ0) is 20.8. The highest BCUT2D eigenvalue weighted by Crippen LogP contribution is 2.31. The van der Waals surface area contributed by atoms with Gasteiger partial charge in [-0.2, -0.15) is 0 Å². The molecule has 0 radical (unpaired) electrons. The van der Waals surface area contributed by atoms with Crippen LogP contribution in [0.2, 0.25) is 5.02 Å². The zero-order valence-electron chi connectivity index (χ0n) is 15.4. The number of carbonyl (C=O) groups is 1. The number of hydrogen-bond acceptors (Lipinski definition) is 6. The highest BCUT2D eigenvalue weighted by molar-refractivity contribution is 6.30. The third-order valence-electron chi connectivity index (χ3n) is 3.97. The van der Waals surface area contributed by atoms with E-state index in [1.807, 2.05) is 12.1 Å². The monoisotopic (exact) mass is 416 g/mol. The Morgan fingerprint density at radius 2 is 1.90 bits per heavy atom. The number of amides is 1. The number of rotatable bonds is 8. The van der Waals surface area contributed by atoms with Crippen LogP contribution in [0.5, 0.6) is 11.5 Å². The Kier molecular flexibility index (Phi) is 6.36. The van der Waals surface area contributed by atoms with Gasteiger partial charge in [-0.3, -0.25) is 14.9 Å². The number of benzene rings is 2. The number of ether oxygens (including phenoxy) is 2. The average molecular weight is 417 g/mol. The number of nitro benzene ring substituents is 1. The van der Waals surface area contributed by atoms with Crippen molar-refractivity contribution in [3.63, 3.8) is 0 Å². The molecule has 1 N–H and O–H groups in total. The summed E-state index contributed by atoms with van der Waals surface area (Å²) in [4.78, 5) is 22.4. The molecule has 0 aliphatic heterocycles. The van der Waals surface area contributed by atoms with Crippen molar-refractivity contribution in [2.45, 2.75) is 6.54 Å². The lowest BCUT2D eigenvalue weighted by Gasteiger charge is -2.10. The summed E-state index contributed by atoms with van der Waals surface area (Å²) < 4.78 is 16.2. The molecule has 0 aliphatic rings. The van der Waals surface area contributed by atoms with Gasteiger partial charge in [-0.25, -0.2) is 0 Å². The van der Waals surface area contributed by atoms with Gasteiger partial charge < -0.3 is 19.2 Å². The van der Waals surface area contributed by atoms with Crippen molar-refractivity contribution >= 4 is 23.2 Å². The molecular weight excluding hydrogens is 400 g/mol. The zero-order valence-corrected chi connectivity index (χ0v) is 16.1. The van der Waals surface area contributed by atoms with Crippen LogP contribution < -0.4 is 14.8 Å². The van der Waals surface area contributed by atoms with Crippen molar-refractivity contribution < 1.29 is 23.6 Å². The molecule has 0 fully saturated rings. The molecule has 29 heavy (non-hydrogen) atoms. The van der Waals surface area contributed by atoms with Gasteiger partial charge in [0.05, 0.1) is 24.6 Å². The number of carbonyl (C=O) groups excluding carboxylic acids is 1. The van der Waals surface area contributed by atoms with Gasteiger partial charge in [0, 0.05) is 16.7 Å². The van der Waals surface area contributed by atoms with Crippen LogP contribution in [0.4, 0.5) is 5.69 Å². The SMILES string of the molecule is COc1ccc([N+](=O)[O-])cc1OCC(=O)NCc1ccc(-c2ccc(Cl)cc2)o1. The van der Waals surface area contributed by atoms with Crippen LogP contribution in [0.3, 0.4) is 0 Å². The molecule has 0 spiro atoms. The molecule has 0 unspecified atom stereocenters. The minimum atomic E-state index is -0.554. The van der Waals surface area contributed by atoms with Crippen LogP contribution in [0.15, 0.2) is 59.0 Å². The second kappa shape index (κ2) is 9.11. The summed E-state index contributed by atoms with van der Waals surface area (Å²) in [7, 11) is 1.41. The number of hydrogen-bond donors (Lipinski definition) is 1. The molecule has 3 rings (SSSR count). The second-order valence-electron chi connectivity index (χ2n) is 5.93. The Balaban J connectivity index is 1.55. The quantitative estimate of drug-likeness (QED) is 0.435. The first-order chi connectivity index (χ1) is 14.0. The predicted octanol–water partition coefficient (Wildman–Crippen LogP) is 4.21. The third kappa shape index (κ3) is 5.26. The lowest BCUT2D eigenvalue weighted by molar-refractivity contribution is -0.385. The first-order valence-electron chi connectivity index (χ1n) is 8.53. The number of furan rings is 1. The standard InChI is InChI=1S/C20H17ClN2O6/c1-27-18-8-6-15(23(25)26)10-19(18)28-12-20(24)22-11-16-7-9-17(29-16)13-2-4-14(21)5-3-13/h2-10H,11-12H2,1H3,(H,22,24). The summed E-state index contributed by atoms with van der Waals surface area (Å²) >= 11 is 5.87. The van der Waals surface area contributed by atoms with E-state index in [0.717, 1.165) is 5.56 Å². The molecule has 0 bridgehead atoms. The minimum absolute atomic E-state index is 0.111. The van der Waals surface area contributed by atoms with Gasteiger partial charge in [-0.05, 0) is 42.5 Å². The Morgan fingerprint density at radius 1 is 1.14 bits per heavy atom. The maximum atomic E-state index is 12.1. The van der Waals surface area contributed by atoms with Crippen molar-refractivity contribution in [2.75, 3.05) is 13.7 Å². The van der Waals surface area contributed by atoms with Crippen molar-refractivity contribution in [1.82, 2.24) is 5.32 Å². The number of nitrogens with zero attached hydrogens (tertiary/aromatic N) is 1. The highest BCUT2D eigenvalue weighted by atomic mass is 35.5. The molecule has 1 aromatic heterocycles. The summed E-state index contributed by atoms with van der Waals surface area (Å²) in [5.74, 6) is 1.21. The van der Waals surface area contributed by atoms with E-state index in [9.17, 15) is 14.9 Å². The normalized spacial score (nSPS) is 10.4. The van der Waals surface area contributed by atoms with Gasteiger partial charge in [0.2, 0.25) is 0 Å².